The van der Waals surface area contributed by atoms with E-state index >= 15 is 0 Å². The number of imide groups is 1. The minimum atomic E-state index is -0.913. The van der Waals surface area contributed by atoms with E-state index < -0.39 is 11.6 Å². The zero-order valence-corrected chi connectivity index (χ0v) is 15.7. The van der Waals surface area contributed by atoms with Crippen molar-refractivity contribution in [2.45, 2.75) is 44.1 Å². The van der Waals surface area contributed by atoms with Gasteiger partial charge in [-0.3, -0.25) is 14.5 Å². The first kappa shape index (κ1) is 17.2. The first-order valence-electron chi connectivity index (χ1n) is 9.92. The van der Waals surface area contributed by atoms with Crippen LogP contribution in [0.3, 0.4) is 0 Å². The van der Waals surface area contributed by atoms with Gasteiger partial charge in [0.05, 0.1) is 6.54 Å². The number of urea groups is 1. The van der Waals surface area contributed by atoms with Crippen molar-refractivity contribution in [1.82, 2.24) is 10.2 Å². The summed E-state index contributed by atoms with van der Waals surface area (Å²) < 4.78 is 0. The van der Waals surface area contributed by atoms with Crippen LogP contribution in [0.1, 0.15) is 45.5 Å². The Bertz CT molecular complexity index is 1010. The zero-order chi connectivity index (χ0) is 19.3. The maximum Gasteiger partial charge on any atom is 0.325 e. The topological polar surface area (TPSA) is 66.5 Å². The van der Waals surface area contributed by atoms with Gasteiger partial charge in [-0.1, -0.05) is 36.4 Å². The van der Waals surface area contributed by atoms with E-state index in [9.17, 15) is 14.4 Å². The number of aryl methyl sites for hydroxylation is 3. The summed E-state index contributed by atoms with van der Waals surface area (Å²) in [5, 5.41) is 2.89. The summed E-state index contributed by atoms with van der Waals surface area (Å²) in [7, 11) is 0. The molecular formula is C23H22N2O3. The minimum Gasteiger partial charge on any atom is -0.323 e. The van der Waals surface area contributed by atoms with Crippen LogP contribution in [0.2, 0.25) is 0 Å². The second kappa shape index (κ2) is 6.30. The molecule has 0 bridgehead atoms. The summed E-state index contributed by atoms with van der Waals surface area (Å²) >= 11 is 0. The zero-order valence-electron chi connectivity index (χ0n) is 15.7. The summed E-state index contributed by atoms with van der Waals surface area (Å²) in [6.07, 6.45) is 4.96. The number of nitrogens with zero attached hydrogens (tertiary/aromatic N) is 1. The van der Waals surface area contributed by atoms with Crippen molar-refractivity contribution in [2.75, 3.05) is 6.54 Å². The predicted octanol–water partition coefficient (Wildman–Crippen LogP) is 2.84. The van der Waals surface area contributed by atoms with Crippen LogP contribution in [0, 0.1) is 0 Å². The van der Waals surface area contributed by atoms with E-state index in [0.29, 0.717) is 18.4 Å². The third-order valence-corrected chi connectivity index (χ3v) is 6.40. The number of fused-ring (bicyclic) bond motifs is 2. The third kappa shape index (κ3) is 2.65. The molecule has 5 nitrogen and oxygen atoms in total. The molecule has 0 saturated carbocycles. The van der Waals surface area contributed by atoms with Crippen LogP contribution in [0.5, 0.6) is 0 Å². The maximum atomic E-state index is 13.1. The van der Waals surface area contributed by atoms with Crippen LogP contribution >= 0.6 is 0 Å². The maximum absolute atomic E-state index is 13.1. The highest BCUT2D eigenvalue weighted by molar-refractivity contribution is 6.11. The van der Waals surface area contributed by atoms with Crippen molar-refractivity contribution < 1.29 is 14.4 Å². The summed E-state index contributed by atoms with van der Waals surface area (Å²) in [5.74, 6) is -0.465. The number of nitrogens with one attached hydrogen (secondary N) is 1. The molecule has 0 radical (unpaired) electrons. The van der Waals surface area contributed by atoms with E-state index in [1.165, 1.54) is 16.7 Å². The van der Waals surface area contributed by atoms with Crippen LogP contribution < -0.4 is 5.32 Å². The average Bonchev–Trinajstić information content (AvgIpc) is 3.26. The smallest absolute Gasteiger partial charge is 0.323 e. The molecule has 5 rings (SSSR count). The van der Waals surface area contributed by atoms with Crippen molar-refractivity contribution >= 4 is 17.7 Å². The number of amides is 3. The van der Waals surface area contributed by atoms with Crippen molar-refractivity contribution in [3.05, 3.63) is 70.3 Å². The van der Waals surface area contributed by atoms with Gasteiger partial charge in [0.25, 0.3) is 5.91 Å². The number of rotatable bonds is 3. The fraction of sp³-hybridized carbons (Fsp3) is 0.348. The highest BCUT2D eigenvalue weighted by atomic mass is 16.2. The molecule has 1 spiro atoms. The van der Waals surface area contributed by atoms with Crippen molar-refractivity contribution in [1.29, 1.82) is 0 Å². The molecule has 0 aromatic heterocycles. The number of ketones is 1. The summed E-state index contributed by atoms with van der Waals surface area (Å²) in [4.78, 5) is 39.6. The minimum absolute atomic E-state index is 0.188. The Morgan fingerprint density at radius 2 is 1.71 bits per heavy atom. The quantitative estimate of drug-likeness (QED) is 0.664. The molecule has 1 atom stereocenters. The number of Topliss-reactive ketones (excluding diaryl/α,β-unsaturated/α-hetero) is 1. The van der Waals surface area contributed by atoms with Crippen molar-refractivity contribution in [2.24, 2.45) is 0 Å². The van der Waals surface area contributed by atoms with E-state index in [1.807, 2.05) is 36.4 Å². The number of hydrogen-bond donors (Lipinski definition) is 1. The van der Waals surface area contributed by atoms with Crippen molar-refractivity contribution in [3.8, 4) is 0 Å². The lowest BCUT2D eigenvalue weighted by molar-refractivity contribution is -0.131. The second-order valence-electron chi connectivity index (χ2n) is 8.11. The van der Waals surface area contributed by atoms with Gasteiger partial charge in [0.2, 0.25) is 0 Å². The SMILES string of the molecule is O=C(CN1C(=O)NC2(CCc3ccccc3C2)C1=O)c1ccc2c(c1)CCC2. The Balaban J connectivity index is 1.36. The lowest BCUT2D eigenvalue weighted by Gasteiger charge is -2.32. The molecule has 1 unspecified atom stereocenters. The van der Waals surface area contributed by atoms with Gasteiger partial charge in [-0.25, -0.2) is 4.79 Å². The number of hydrogen-bond acceptors (Lipinski definition) is 3. The Labute approximate surface area is 163 Å². The molecule has 1 fully saturated rings. The lowest BCUT2D eigenvalue weighted by Crippen LogP contribution is -2.51. The van der Waals surface area contributed by atoms with E-state index in [1.54, 1.807) is 0 Å². The van der Waals surface area contributed by atoms with E-state index in [-0.39, 0.29) is 18.2 Å². The Hall–Kier alpha value is -2.95. The first-order valence-corrected chi connectivity index (χ1v) is 9.92. The lowest BCUT2D eigenvalue weighted by atomic mass is 9.78. The highest BCUT2D eigenvalue weighted by Gasteiger charge is 2.52. The summed E-state index contributed by atoms with van der Waals surface area (Å²) in [5.41, 5.74) is 4.49. The molecule has 1 heterocycles. The molecule has 5 heteroatoms. The molecule has 2 aliphatic carbocycles. The third-order valence-electron chi connectivity index (χ3n) is 6.40. The molecule has 1 aliphatic heterocycles. The molecule has 1 N–H and O–H groups in total. The fourth-order valence-electron chi connectivity index (χ4n) is 4.82. The first-order chi connectivity index (χ1) is 13.6. The van der Waals surface area contributed by atoms with E-state index in [0.717, 1.165) is 36.1 Å². The summed E-state index contributed by atoms with van der Waals surface area (Å²) in [6, 6.07) is 13.3. The number of carbonyl (C=O) groups is 3. The monoisotopic (exact) mass is 374 g/mol. The van der Waals surface area contributed by atoms with Gasteiger partial charge in [0.15, 0.2) is 5.78 Å². The molecule has 3 amide bonds. The van der Waals surface area contributed by atoms with Gasteiger partial charge >= 0.3 is 6.03 Å². The number of carbonyl (C=O) groups excluding carboxylic acids is 3. The molecule has 142 valence electrons. The van der Waals surface area contributed by atoms with Crippen LogP contribution in [0.4, 0.5) is 4.79 Å². The van der Waals surface area contributed by atoms with Crippen LogP contribution in [-0.4, -0.2) is 34.7 Å². The molecule has 1 saturated heterocycles. The van der Waals surface area contributed by atoms with Gasteiger partial charge < -0.3 is 5.32 Å². The molecule has 2 aromatic rings. The van der Waals surface area contributed by atoms with E-state index in [2.05, 4.69) is 11.4 Å². The molecule has 3 aliphatic rings. The van der Waals surface area contributed by atoms with Crippen LogP contribution in [-0.2, 0) is 30.5 Å². The highest BCUT2D eigenvalue weighted by Crippen LogP contribution is 2.33. The van der Waals surface area contributed by atoms with E-state index in [4.69, 9.17) is 0 Å². The molecule has 2 aromatic carbocycles. The predicted molar refractivity (Wildman–Crippen MR) is 104 cm³/mol. The van der Waals surface area contributed by atoms with Gasteiger partial charge in [-0.05, 0) is 60.4 Å². The molecular weight excluding hydrogens is 352 g/mol. The second-order valence-corrected chi connectivity index (χ2v) is 8.11. The van der Waals surface area contributed by atoms with Gasteiger partial charge in [0.1, 0.15) is 5.54 Å². The fourth-order valence-corrected chi connectivity index (χ4v) is 4.82. The Morgan fingerprint density at radius 1 is 0.964 bits per heavy atom. The largest absolute Gasteiger partial charge is 0.325 e. The standard InChI is InChI=1S/C23H22N2O3/c26-20(18-9-8-15-6-3-7-17(15)12-18)14-25-21(27)23(24-22(25)28)11-10-16-4-1-2-5-19(16)13-23/h1-2,4-5,8-9,12H,3,6-7,10-11,13-14H2,(H,24,28). The van der Waals surface area contributed by atoms with Crippen LogP contribution in [0.25, 0.3) is 0 Å². The van der Waals surface area contributed by atoms with Gasteiger partial charge in [-0.2, -0.15) is 0 Å². The number of benzene rings is 2. The normalized spacial score (nSPS) is 22.9. The van der Waals surface area contributed by atoms with Crippen LogP contribution in [0.15, 0.2) is 42.5 Å². The average molecular weight is 374 g/mol. The van der Waals surface area contributed by atoms with Gasteiger partial charge in [0, 0.05) is 12.0 Å². The summed E-state index contributed by atoms with van der Waals surface area (Å²) in [6.45, 7) is -0.202. The van der Waals surface area contributed by atoms with Crippen molar-refractivity contribution in [3.63, 3.8) is 0 Å². The Morgan fingerprint density at radius 3 is 2.57 bits per heavy atom. The molecule has 28 heavy (non-hydrogen) atoms. The van der Waals surface area contributed by atoms with Gasteiger partial charge in [-0.15, -0.1) is 0 Å². The Kier molecular flexibility index (Phi) is 3.86.